The van der Waals surface area contributed by atoms with Crippen LogP contribution < -0.4 is 10.2 Å². The van der Waals surface area contributed by atoms with Gasteiger partial charge in [-0.2, -0.15) is 5.10 Å². The molecule has 0 saturated carbocycles. The molecular weight excluding hydrogens is 264 g/mol. The Kier molecular flexibility index (Phi) is 4.52. The van der Waals surface area contributed by atoms with Crippen molar-refractivity contribution < 1.29 is 4.74 Å². The lowest BCUT2D eigenvalue weighted by molar-refractivity contribution is 0.122. The molecule has 1 saturated heterocycles. The fraction of sp³-hybridized carbons (Fsp3) is 0.438. The first-order valence-corrected chi connectivity index (χ1v) is 7.41. The quantitative estimate of drug-likeness (QED) is 0.905. The summed E-state index contributed by atoms with van der Waals surface area (Å²) in [6, 6.07) is 8.79. The van der Waals surface area contributed by atoms with E-state index in [1.807, 2.05) is 24.1 Å². The highest BCUT2D eigenvalue weighted by Crippen LogP contribution is 2.16. The van der Waals surface area contributed by atoms with Crippen LogP contribution in [0.15, 0.2) is 36.7 Å². The highest BCUT2D eigenvalue weighted by atomic mass is 16.5. The van der Waals surface area contributed by atoms with Crippen LogP contribution in [0.3, 0.4) is 0 Å². The summed E-state index contributed by atoms with van der Waals surface area (Å²) in [7, 11) is 1.94. The number of nitrogens with one attached hydrogen (secondary N) is 1. The van der Waals surface area contributed by atoms with Gasteiger partial charge in [0.05, 0.1) is 19.4 Å². The van der Waals surface area contributed by atoms with Crippen LogP contribution in [0.2, 0.25) is 0 Å². The number of aryl methyl sites for hydroxylation is 1. The fourth-order valence-corrected chi connectivity index (χ4v) is 2.56. The smallest absolute Gasteiger partial charge is 0.0642 e. The van der Waals surface area contributed by atoms with E-state index in [1.54, 1.807) is 0 Å². The maximum atomic E-state index is 5.38. The second-order valence-electron chi connectivity index (χ2n) is 5.39. The lowest BCUT2D eigenvalue weighted by Crippen LogP contribution is -2.36. The predicted molar refractivity (Wildman–Crippen MR) is 83.2 cm³/mol. The Balaban J connectivity index is 1.49. The molecule has 0 aliphatic carbocycles. The van der Waals surface area contributed by atoms with Gasteiger partial charge in [0.15, 0.2) is 0 Å². The zero-order chi connectivity index (χ0) is 14.5. The average Bonchev–Trinajstić information content (AvgIpc) is 2.94. The second kappa shape index (κ2) is 6.74. The summed E-state index contributed by atoms with van der Waals surface area (Å²) in [6.45, 7) is 5.34. The molecule has 0 bridgehead atoms. The minimum absolute atomic E-state index is 0.828. The minimum Gasteiger partial charge on any atom is -0.378 e. The number of ether oxygens (including phenoxy) is 1. The van der Waals surface area contributed by atoms with Crippen LogP contribution in [-0.4, -0.2) is 36.1 Å². The summed E-state index contributed by atoms with van der Waals surface area (Å²) in [5.74, 6) is 0. The Bertz CT molecular complexity index is 558. The first-order chi connectivity index (χ1) is 10.3. The Labute approximate surface area is 125 Å². The molecule has 21 heavy (non-hydrogen) atoms. The normalized spacial score (nSPS) is 15.4. The molecule has 3 rings (SSSR count). The minimum atomic E-state index is 0.828. The van der Waals surface area contributed by atoms with Crippen molar-refractivity contribution in [3.63, 3.8) is 0 Å². The highest BCUT2D eigenvalue weighted by molar-refractivity contribution is 5.47. The van der Waals surface area contributed by atoms with Crippen molar-refractivity contribution in [1.82, 2.24) is 15.1 Å². The standard InChI is InChI=1S/C16H22N4O/c1-19-13-15(12-18-19)11-17-10-14-2-4-16(5-3-14)20-6-8-21-9-7-20/h2-5,12-13,17H,6-11H2,1H3. The molecule has 0 atom stereocenters. The lowest BCUT2D eigenvalue weighted by Gasteiger charge is -2.28. The van der Waals surface area contributed by atoms with Gasteiger partial charge in [-0.05, 0) is 17.7 Å². The van der Waals surface area contributed by atoms with E-state index in [9.17, 15) is 0 Å². The van der Waals surface area contributed by atoms with E-state index in [1.165, 1.54) is 16.8 Å². The fourth-order valence-electron chi connectivity index (χ4n) is 2.56. The molecule has 0 spiro atoms. The largest absolute Gasteiger partial charge is 0.378 e. The van der Waals surface area contributed by atoms with Crippen LogP contribution >= 0.6 is 0 Å². The van der Waals surface area contributed by atoms with Crippen molar-refractivity contribution in [2.45, 2.75) is 13.1 Å². The maximum Gasteiger partial charge on any atom is 0.0642 e. The second-order valence-corrected chi connectivity index (χ2v) is 5.39. The Hall–Kier alpha value is -1.85. The topological polar surface area (TPSA) is 42.3 Å². The molecule has 1 aliphatic heterocycles. The van der Waals surface area contributed by atoms with Gasteiger partial charge in [-0.1, -0.05) is 12.1 Å². The van der Waals surface area contributed by atoms with Crippen LogP contribution in [0.5, 0.6) is 0 Å². The van der Waals surface area contributed by atoms with Gasteiger partial charge >= 0.3 is 0 Å². The van der Waals surface area contributed by atoms with Crippen molar-refractivity contribution in [3.8, 4) is 0 Å². The van der Waals surface area contributed by atoms with E-state index in [2.05, 4.69) is 39.6 Å². The first-order valence-electron chi connectivity index (χ1n) is 7.41. The first kappa shape index (κ1) is 14.1. The molecule has 1 N–H and O–H groups in total. The van der Waals surface area contributed by atoms with Crippen LogP contribution in [-0.2, 0) is 24.9 Å². The molecule has 1 aliphatic rings. The van der Waals surface area contributed by atoms with Gasteiger partial charge < -0.3 is 15.0 Å². The van der Waals surface area contributed by atoms with Crippen molar-refractivity contribution in [2.75, 3.05) is 31.2 Å². The molecule has 0 unspecified atom stereocenters. The highest BCUT2D eigenvalue weighted by Gasteiger charge is 2.10. The van der Waals surface area contributed by atoms with Crippen molar-refractivity contribution in [2.24, 2.45) is 7.05 Å². The molecule has 0 amide bonds. The zero-order valence-electron chi connectivity index (χ0n) is 12.5. The number of aromatic nitrogens is 2. The van der Waals surface area contributed by atoms with E-state index < -0.39 is 0 Å². The summed E-state index contributed by atoms with van der Waals surface area (Å²) in [5, 5.41) is 7.61. The molecule has 0 radical (unpaired) electrons. The third-order valence-electron chi connectivity index (χ3n) is 3.73. The van der Waals surface area contributed by atoms with Crippen LogP contribution in [0, 0.1) is 0 Å². The molecule has 2 heterocycles. The number of morpholine rings is 1. The van der Waals surface area contributed by atoms with Crippen molar-refractivity contribution in [1.29, 1.82) is 0 Å². The lowest BCUT2D eigenvalue weighted by atomic mass is 10.2. The van der Waals surface area contributed by atoms with Crippen LogP contribution in [0.4, 0.5) is 5.69 Å². The summed E-state index contributed by atoms with van der Waals surface area (Å²) in [4.78, 5) is 2.37. The number of benzene rings is 1. The molecule has 2 aromatic rings. The molecule has 112 valence electrons. The van der Waals surface area contributed by atoms with E-state index in [-0.39, 0.29) is 0 Å². The van der Waals surface area contributed by atoms with Crippen molar-refractivity contribution >= 4 is 5.69 Å². The van der Waals surface area contributed by atoms with Gasteiger partial charge in [-0.15, -0.1) is 0 Å². The van der Waals surface area contributed by atoms with Gasteiger partial charge in [-0.3, -0.25) is 4.68 Å². The monoisotopic (exact) mass is 286 g/mol. The molecule has 5 heteroatoms. The van der Waals surface area contributed by atoms with Crippen LogP contribution in [0.1, 0.15) is 11.1 Å². The summed E-state index contributed by atoms with van der Waals surface area (Å²) in [5.41, 5.74) is 3.80. The van der Waals surface area contributed by atoms with Gasteiger partial charge in [0.2, 0.25) is 0 Å². The molecular formula is C16H22N4O. The van der Waals surface area contributed by atoms with E-state index in [4.69, 9.17) is 4.74 Å². The van der Waals surface area contributed by atoms with Crippen molar-refractivity contribution in [3.05, 3.63) is 47.8 Å². The Morgan fingerprint density at radius 2 is 1.81 bits per heavy atom. The van der Waals surface area contributed by atoms with Gasteiger partial charge in [-0.25, -0.2) is 0 Å². The van der Waals surface area contributed by atoms with Gasteiger partial charge in [0, 0.05) is 50.7 Å². The molecule has 1 fully saturated rings. The number of hydrogen-bond acceptors (Lipinski definition) is 4. The van der Waals surface area contributed by atoms with Gasteiger partial charge in [0.25, 0.3) is 0 Å². The summed E-state index contributed by atoms with van der Waals surface area (Å²) >= 11 is 0. The average molecular weight is 286 g/mol. The predicted octanol–water partition coefficient (Wildman–Crippen LogP) is 1.55. The number of anilines is 1. The van der Waals surface area contributed by atoms with Gasteiger partial charge in [0.1, 0.15) is 0 Å². The summed E-state index contributed by atoms with van der Waals surface area (Å²) in [6.07, 6.45) is 3.93. The van der Waals surface area contributed by atoms with E-state index in [0.717, 1.165) is 39.4 Å². The summed E-state index contributed by atoms with van der Waals surface area (Å²) < 4.78 is 7.21. The molecule has 1 aromatic carbocycles. The molecule has 1 aromatic heterocycles. The van der Waals surface area contributed by atoms with E-state index >= 15 is 0 Å². The maximum absolute atomic E-state index is 5.38. The zero-order valence-corrected chi connectivity index (χ0v) is 12.5. The Morgan fingerprint density at radius 1 is 1.10 bits per heavy atom. The third-order valence-corrected chi connectivity index (χ3v) is 3.73. The number of hydrogen-bond donors (Lipinski definition) is 1. The Morgan fingerprint density at radius 3 is 2.48 bits per heavy atom. The molecule has 5 nitrogen and oxygen atoms in total. The number of rotatable bonds is 5. The third kappa shape index (κ3) is 3.83. The SMILES string of the molecule is Cn1cc(CNCc2ccc(N3CCOCC3)cc2)cn1. The number of nitrogens with zero attached hydrogens (tertiary/aromatic N) is 3. The van der Waals surface area contributed by atoms with Crippen LogP contribution in [0.25, 0.3) is 0 Å². The van der Waals surface area contributed by atoms with E-state index in [0.29, 0.717) is 0 Å².